The van der Waals surface area contributed by atoms with Crippen molar-refractivity contribution in [3.8, 4) is 0 Å². The maximum Gasteiger partial charge on any atom is 0.255 e. The van der Waals surface area contributed by atoms with Gasteiger partial charge in [-0.1, -0.05) is 24.3 Å². The van der Waals surface area contributed by atoms with E-state index in [1.807, 2.05) is 30.3 Å². The molecule has 1 fully saturated rings. The molecular weight excluding hydrogens is 388 g/mol. The number of anilines is 3. The van der Waals surface area contributed by atoms with Crippen molar-refractivity contribution < 1.29 is 9.53 Å². The number of hydrogen-bond acceptors (Lipinski definition) is 5. The second-order valence-corrected chi connectivity index (χ2v) is 7.94. The standard InChI is InChI=1S/C25H26N4O2/c30-25(27-22-5-7-23(8-6-22)28-13-15-31-16-14-28)20-9-11-26-24(17-20)29-12-10-19-3-1-2-4-21(19)18-29/h1-9,11,17H,10,12-16,18H2,(H,27,30). The van der Waals surface area contributed by atoms with Crippen molar-refractivity contribution in [1.82, 2.24) is 4.98 Å². The van der Waals surface area contributed by atoms with Crippen LogP contribution in [-0.4, -0.2) is 43.7 Å². The number of hydrogen-bond donors (Lipinski definition) is 1. The van der Waals surface area contributed by atoms with Crippen LogP contribution in [0.25, 0.3) is 0 Å². The highest BCUT2D eigenvalue weighted by Crippen LogP contribution is 2.24. The van der Waals surface area contributed by atoms with Crippen LogP contribution in [0.5, 0.6) is 0 Å². The Morgan fingerprint density at radius 3 is 2.48 bits per heavy atom. The highest BCUT2D eigenvalue weighted by molar-refractivity contribution is 6.04. The topological polar surface area (TPSA) is 57.7 Å². The molecule has 0 spiro atoms. The summed E-state index contributed by atoms with van der Waals surface area (Å²) in [6, 6.07) is 20.2. The minimum atomic E-state index is -0.125. The second-order valence-electron chi connectivity index (χ2n) is 7.94. The molecule has 1 N–H and O–H groups in total. The first-order valence-electron chi connectivity index (χ1n) is 10.8. The first-order chi connectivity index (χ1) is 15.3. The zero-order chi connectivity index (χ0) is 21.0. The third kappa shape index (κ3) is 4.39. The van der Waals surface area contributed by atoms with E-state index >= 15 is 0 Å². The zero-order valence-electron chi connectivity index (χ0n) is 17.5. The van der Waals surface area contributed by atoms with Crippen LogP contribution in [0.15, 0.2) is 66.9 Å². The number of aromatic nitrogens is 1. The van der Waals surface area contributed by atoms with Crippen LogP contribution in [0.1, 0.15) is 21.5 Å². The normalized spacial score (nSPS) is 16.0. The minimum Gasteiger partial charge on any atom is -0.378 e. The quantitative estimate of drug-likeness (QED) is 0.705. The fourth-order valence-corrected chi connectivity index (χ4v) is 4.20. The Morgan fingerprint density at radius 2 is 1.68 bits per heavy atom. The van der Waals surface area contributed by atoms with Gasteiger partial charge in [-0.05, 0) is 53.9 Å². The molecule has 3 aromatic rings. The monoisotopic (exact) mass is 414 g/mol. The average Bonchev–Trinajstić information content (AvgIpc) is 2.85. The lowest BCUT2D eigenvalue weighted by Crippen LogP contribution is -2.36. The van der Waals surface area contributed by atoms with Gasteiger partial charge in [-0.25, -0.2) is 4.98 Å². The molecule has 0 bridgehead atoms. The van der Waals surface area contributed by atoms with Gasteiger partial charge >= 0.3 is 0 Å². The molecule has 0 unspecified atom stereocenters. The summed E-state index contributed by atoms with van der Waals surface area (Å²) in [5.74, 6) is 0.713. The largest absolute Gasteiger partial charge is 0.378 e. The Bertz CT molecular complexity index is 1060. The Kier molecular flexibility index (Phi) is 5.54. The molecule has 2 aliphatic heterocycles. The van der Waals surface area contributed by atoms with Crippen LogP contribution >= 0.6 is 0 Å². The van der Waals surface area contributed by atoms with Gasteiger partial charge < -0.3 is 19.9 Å². The van der Waals surface area contributed by atoms with Crippen molar-refractivity contribution in [1.29, 1.82) is 0 Å². The molecule has 158 valence electrons. The third-order valence-electron chi connectivity index (χ3n) is 5.96. The summed E-state index contributed by atoms with van der Waals surface area (Å²) in [5, 5.41) is 3.01. The summed E-state index contributed by atoms with van der Waals surface area (Å²) >= 11 is 0. The number of pyridine rings is 1. The molecule has 0 atom stereocenters. The predicted octanol–water partition coefficient (Wildman–Crippen LogP) is 3.73. The number of ether oxygens (including phenoxy) is 1. The number of nitrogens with one attached hydrogen (secondary N) is 1. The number of amides is 1. The number of fused-ring (bicyclic) bond motifs is 1. The van der Waals surface area contributed by atoms with Crippen molar-refractivity contribution >= 4 is 23.1 Å². The number of rotatable bonds is 4. The molecule has 1 aromatic heterocycles. The molecule has 0 saturated carbocycles. The van der Waals surface area contributed by atoms with Crippen LogP contribution in [-0.2, 0) is 17.7 Å². The summed E-state index contributed by atoms with van der Waals surface area (Å²) in [6.07, 6.45) is 2.70. The number of carbonyl (C=O) groups is 1. The maximum atomic E-state index is 12.8. The van der Waals surface area contributed by atoms with E-state index in [-0.39, 0.29) is 5.91 Å². The smallest absolute Gasteiger partial charge is 0.255 e. The summed E-state index contributed by atoms with van der Waals surface area (Å²) < 4.78 is 5.41. The number of nitrogens with zero attached hydrogens (tertiary/aromatic N) is 3. The third-order valence-corrected chi connectivity index (χ3v) is 5.96. The van der Waals surface area contributed by atoms with Crippen molar-refractivity contribution in [2.24, 2.45) is 0 Å². The van der Waals surface area contributed by atoms with E-state index < -0.39 is 0 Å². The van der Waals surface area contributed by atoms with Crippen LogP contribution < -0.4 is 15.1 Å². The van der Waals surface area contributed by atoms with Crippen molar-refractivity contribution in [3.05, 3.63) is 83.6 Å². The highest BCUT2D eigenvalue weighted by atomic mass is 16.5. The van der Waals surface area contributed by atoms with E-state index in [1.54, 1.807) is 12.3 Å². The van der Waals surface area contributed by atoms with Crippen LogP contribution in [0.4, 0.5) is 17.2 Å². The molecule has 3 heterocycles. The molecule has 0 radical (unpaired) electrons. The van der Waals surface area contributed by atoms with Gasteiger partial charge in [-0.15, -0.1) is 0 Å². The number of morpholine rings is 1. The average molecular weight is 415 g/mol. The van der Waals surface area contributed by atoms with Gasteiger partial charge in [-0.2, -0.15) is 0 Å². The lowest BCUT2D eigenvalue weighted by molar-refractivity contribution is 0.102. The molecule has 1 saturated heterocycles. The van der Waals surface area contributed by atoms with E-state index in [9.17, 15) is 4.79 Å². The van der Waals surface area contributed by atoms with Crippen LogP contribution in [0.2, 0.25) is 0 Å². The van der Waals surface area contributed by atoms with E-state index in [2.05, 4.69) is 44.4 Å². The molecule has 6 heteroatoms. The van der Waals surface area contributed by atoms with Gasteiger partial charge in [0.25, 0.3) is 5.91 Å². The van der Waals surface area contributed by atoms with E-state index in [0.717, 1.165) is 63.0 Å². The van der Waals surface area contributed by atoms with Crippen molar-refractivity contribution in [2.75, 3.05) is 48.0 Å². The summed E-state index contributed by atoms with van der Waals surface area (Å²) in [6.45, 7) is 5.02. The van der Waals surface area contributed by atoms with E-state index in [0.29, 0.717) is 5.56 Å². The van der Waals surface area contributed by atoms with Crippen molar-refractivity contribution in [3.63, 3.8) is 0 Å². The molecule has 0 aliphatic carbocycles. The number of carbonyl (C=O) groups excluding carboxylic acids is 1. The molecule has 2 aliphatic rings. The molecule has 1 amide bonds. The second kappa shape index (κ2) is 8.78. The van der Waals surface area contributed by atoms with Gasteiger partial charge in [0.2, 0.25) is 0 Å². The summed E-state index contributed by atoms with van der Waals surface area (Å²) in [7, 11) is 0. The van der Waals surface area contributed by atoms with Crippen LogP contribution in [0.3, 0.4) is 0 Å². The first-order valence-corrected chi connectivity index (χ1v) is 10.8. The Balaban J connectivity index is 1.26. The molecular formula is C25H26N4O2. The highest BCUT2D eigenvalue weighted by Gasteiger charge is 2.18. The van der Waals surface area contributed by atoms with Crippen LogP contribution in [0, 0.1) is 0 Å². The lowest BCUT2D eigenvalue weighted by atomic mass is 10.00. The Hall–Kier alpha value is -3.38. The van der Waals surface area contributed by atoms with Gasteiger partial charge in [-0.3, -0.25) is 4.79 Å². The fourth-order valence-electron chi connectivity index (χ4n) is 4.20. The van der Waals surface area contributed by atoms with Gasteiger partial charge in [0.15, 0.2) is 0 Å². The summed E-state index contributed by atoms with van der Waals surface area (Å²) in [4.78, 5) is 21.9. The molecule has 31 heavy (non-hydrogen) atoms. The number of benzene rings is 2. The maximum absolute atomic E-state index is 12.8. The fraction of sp³-hybridized carbons (Fsp3) is 0.280. The Morgan fingerprint density at radius 1 is 0.903 bits per heavy atom. The zero-order valence-corrected chi connectivity index (χ0v) is 17.5. The van der Waals surface area contributed by atoms with E-state index in [1.165, 1.54) is 11.1 Å². The molecule has 2 aromatic carbocycles. The van der Waals surface area contributed by atoms with Gasteiger partial charge in [0, 0.05) is 49.3 Å². The van der Waals surface area contributed by atoms with Gasteiger partial charge in [0.1, 0.15) is 5.82 Å². The minimum absolute atomic E-state index is 0.125. The lowest BCUT2D eigenvalue weighted by Gasteiger charge is -2.30. The first kappa shape index (κ1) is 19.6. The van der Waals surface area contributed by atoms with Crippen molar-refractivity contribution in [2.45, 2.75) is 13.0 Å². The molecule has 6 nitrogen and oxygen atoms in total. The predicted molar refractivity (Wildman–Crippen MR) is 123 cm³/mol. The van der Waals surface area contributed by atoms with E-state index in [4.69, 9.17) is 4.74 Å². The summed E-state index contributed by atoms with van der Waals surface area (Å²) in [5.41, 5.74) is 5.27. The Labute approximate surface area is 182 Å². The van der Waals surface area contributed by atoms with Gasteiger partial charge in [0.05, 0.1) is 13.2 Å². The molecule has 5 rings (SSSR count). The SMILES string of the molecule is O=C(Nc1ccc(N2CCOCC2)cc1)c1ccnc(N2CCc3ccccc3C2)c1.